The number of esters is 1. The number of ether oxygens (including phenoxy) is 2. The molecule has 0 aliphatic carbocycles. The van der Waals surface area contributed by atoms with Crippen LogP contribution in [-0.4, -0.2) is 12.6 Å². The van der Waals surface area contributed by atoms with E-state index in [-0.39, 0.29) is 0 Å². The molecule has 0 aliphatic rings. The number of carbonyl (C=O) groups is 1. The van der Waals surface area contributed by atoms with Crippen LogP contribution in [-0.2, 0) is 4.74 Å². The molecule has 0 radical (unpaired) electrons. The van der Waals surface area contributed by atoms with Crippen LogP contribution in [0.25, 0.3) is 11.0 Å². The Labute approximate surface area is 97.1 Å². The second-order valence-corrected chi connectivity index (χ2v) is 3.22. The Morgan fingerprint density at radius 2 is 2.35 bits per heavy atom. The lowest BCUT2D eigenvalue weighted by molar-refractivity contribution is 0.0527. The lowest BCUT2D eigenvalue weighted by Gasteiger charge is -1.99. The smallest absolute Gasteiger partial charge is 0.342 e. The Kier molecular flexibility index (Phi) is 2.97. The first kappa shape index (κ1) is 11.0. The Morgan fingerprint density at radius 1 is 1.53 bits per heavy atom. The fourth-order valence-electron chi connectivity index (χ4n) is 1.49. The topological polar surface area (TPSA) is 72.5 Å². The van der Waals surface area contributed by atoms with Crippen LogP contribution in [0, 0.1) is 11.5 Å². The third-order valence-electron chi connectivity index (χ3n) is 2.21. The Bertz CT molecular complexity index is 594. The van der Waals surface area contributed by atoms with Gasteiger partial charge in [-0.1, -0.05) is 0 Å². The highest BCUT2D eigenvalue weighted by atomic mass is 16.5. The molecule has 1 heterocycles. The van der Waals surface area contributed by atoms with Crippen molar-refractivity contribution in [3.05, 3.63) is 30.0 Å². The van der Waals surface area contributed by atoms with Crippen molar-refractivity contribution in [2.45, 2.75) is 6.92 Å². The molecule has 86 valence electrons. The molecular formula is C12H9NO4. The number of nitrogens with zero attached hydrogens (tertiary/aromatic N) is 1. The van der Waals surface area contributed by atoms with Gasteiger partial charge in [0.15, 0.2) is 0 Å². The molecule has 0 amide bonds. The van der Waals surface area contributed by atoms with Crippen molar-refractivity contribution in [1.29, 1.82) is 5.26 Å². The predicted octanol–water partition coefficient (Wildman–Crippen LogP) is 2.47. The molecule has 0 unspecified atom stereocenters. The lowest BCUT2D eigenvalue weighted by atomic mass is 10.2. The van der Waals surface area contributed by atoms with Gasteiger partial charge in [-0.15, -0.1) is 5.26 Å². The maximum absolute atomic E-state index is 11.6. The summed E-state index contributed by atoms with van der Waals surface area (Å²) in [6.45, 7) is 2.04. The molecule has 0 saturated heterocycles. The van der Waals surface area contributed by atoms with Crippen molar-refractivity contribution in [3.63, 3.8) is 0 Å². The quantitative estimate of drug-likeness (QED) is 0.599. The third-order valence-corrected chi connectivity index (χ3v) is 2.21. The molecule has 0 aliphatic heterocycles. The zero-order chi connectivity index (χ0) is 12.3. The second kappa shape index (κ2) is 4.58. The van der Waals surface area contributed by atoms with Crippen molar-refractivity contribution >= 4 is 16.9 Å². The molecule has 0 atom stereocenters. The Balaban J connectivity index is 2.42. The molecule has 5 heteroatoms. The third kappa shape index (κ3) is 2.06. The van der Waals surface area contributed by atoms with Crippen molar-refractivity contribution in [1.82, 2.24) is 0 Å². The highest BCUT2D eigenvalue weighted by molar-refractivity contribution is 6.03. The van der Waals surface area contributed by atoms with Gasteiger partial charge in [0.2, 0.25) is 0 Å². The summed E-state index contributed by atoms with van der Waals surface area (Å²) in [7, 11) is 0. The van der Waals surface area contributed by atoms with Crippen LogP contribution in [0.3, 0.4) is 0 Å². The number of carbonyl (C=O) groups excluding carboxylic acids is 1. The highest BCUT2D eigenvalue weighted by Gasteiger charge is 2.15. The number of furan rings is 1. The number of benzene rings is 1. The van der Waals surface area contributed by atoms with Gasteiger partial charge in [0.1, 0.15) is 23.2 Å². The number of rotatable bonds is 3. The summed E-state index contributed by atoms with van der Waals surface area (Å²) in [6.07, 6.45) is 2.90. The van der Waals surface area contributed by atoms with E-state index in [1.165, 1.54) is 6.26 Å². The molecule has 2 rings (SSSR count). The normalized spacial score (nSPS) is 9.88. The van der Waals surface area contributed by atoms with Crippen LogP contribution < -0.4 is 4.74 Å². The molecule has 0 N–H and O–H groups in total. The summed E-state index contributed by atoms with van der Waals surface area (Å²) in [5.41, 5.74) is 0.839. The summed E-state index contributed by atoms with van der Waals surface area (Å²) in [4.78, 5) is 11.6. The summed E-state index contributed by atoms with van der Waals surface area (Å²) < 4.78 is 14.8. The van der Waals surface area contributed by atoms with E-state index in [4.69, 9.17) is 14.4 Å². The average molecular weight is 231 g/mol. The van der Waals surface area contributed by atoms with Crippen LogP contribution in [0.2, 0.25) is 0 Å². The zero-order valence-corrected chi connectivity index (χ0v) is 9.10. The van der Waals surface area contributed by atoms with Gasteiger partial charge in [-0.3, -0.25) is 0 Å². The van der Waals surface area contributed by atoms with E-state index in [0.717, 1.165) is 0 Å². The van der Waals surface area contributed by atoms with E-state index >= 15 is 0 Å². The number of fused-ring (bicyclic) bond motifs is 1. The molecule has 2 aromatic rings. The average Bonchev–Trinajstić information content (AvgIpc) is 2.73. The van der Waals surface area contributed by atoms with Crippen molar-refractivity contribution in [2.75, 3.05) is 6.61 Å². The molecule has 0 bridgehead atoms. The van der Waals surface area contributed by atoms with Gasteiger partial charge in [-0.25, -0.2) is 4.79 Å². The first-order valence-corrected chi connectivity index (χ1v) is 5.00. The van der Waals surface area contributed by atoms with Gasteiger partial charge >= 0.3 is 5.97 Å². The van der Waals surface area contributed by atoms with Crippen molar-refractivity contribution < 1.29 is 18.7 Å². The first-order chi connectivity index (χ1) is 8.26. The fourth-order valence-corrected chi connectivity index (χ4v) is 1.49. The predicted molar refractivity (Wildman–Crippen MR) is 58.4 cm³/mol. The number of hydrogen-bond acceptors (Lipinski definition) is 5. The van der Waals surface area contributed by atoms with E-state index in [9.17, 15) is 4.79 Å². The minimum absolute atomic E-state index is 0.307. The molecular weight excluding hydrogens is 222 g/mol. The zero-order valence-electron chi connectivity index (χ0n) is 9.10. The molecule has 1 aromatic heterocycles. The van der Waals surface area contributed by atoms with Gasteiger partial charge < -0.3 is 13.9 Å². The number of hydrogen-bond donors (Lipinski definition) is 0. The molecule has 17 heavy (non-hydrogen) atoms. The van der Waals surface area contributed by atoms with E-state index < -0.39 is 5.97 Å². The minimum Gasteiger partial charge on any atom is -0.463 e. The molecule has 0 spiro atoms. The SMILES string of the molecule is CCOC(=O)c1coc2cc(OC#N)ccc12. The summed E-state index contributed by atoms with van der Waals surface area (Å²) >= 11 is 0. The molecule has 0 fully saturated rings. The van der Waals surface area contributed by atoms with Gasteiger partial charge in [0.25, 0.3) is 6.26 Å². The van der Waals surface area contributed by atoms with Crippen molar-refractivity contribution in [2.24, 2.45) is 0 Å². The highest BCUT2D eigenvalue weighted by Crippen LogP contribution is 2.26. The second-order valence-electron chi connectivity index (χ2n) is 3.22. The standard InChI is InChI=1S/C12H9NO4/c1-2-15-12(14)10-6-16-11-5-8(17-7-13)3-4-9(10)11/h3-6H,2H2,1H3. The van der Waals surface area contributed by atoms with Gasteiger partial charge in [-0.2, -0.15) is 0 Å². The van der Waals surface area contributed by atoms with E-state index in [0.29, 0.717) is 28.9 Å². The summed E-state index contributed by atoms with van der Waals surface area (Å²) in [5, 5.41) is 9.01. The Hall–Kier alpha value is -2.48. The maximum atomic E-state index is 11.6. The van der Waals surface area contributed by atoms with Crippen LogP contribution >= 0.6 is 0 Å². The van der Waals surface area contributed by atoms with E-state index in [2.05, 4.69) is 4.74 Å². The van der Waals surface area contributed by atoms with Gasteiger partial charge in [0.05, 0.1) is 6.61 Å². The van der Waals surface area contributed by atoms with Crippen LogP contribution in [0.1, 0.15) is 17.3 Å². The largest absolute Gasteiger partial charge is 0.463 e. The fraction of sp³-hybridized carbons (Fsp3) is 0.167. The minimum atomic E-state index is -0.430. The Morgan fingerprint density at radius 3 is 3.06 bits per heavy atom. The van der Waals surface area contributed by atoms with Gasteiger partial charge in [0, 0.05) is 11.5 Å². The lowest BCUT2D eigenvalue weighted by Crippen LogP contribution is -2.03. The van der Waals surface area contributed by atoms with E-state index in [1.54, 1.807) is 31.4 Å². The van der Waals surface area contributed by atoms with Gasteiger partial charge in [-0.05, 0) is 19.1 Å². The summed E-state index contributed by atoms with van der Waals surface area (Å²) in [6, 6.07) is 4.78. The van der Waals surface area contributed by atoms with Crippen molar-refractivity contribution in [3.8, 4) is 12.0 Å². The monoisotopic (exact) mass is 231 g/mol. The van der Waals surface area contributed by atoms with Crippen LogP contribution in [0.15, 0.2) is 28.9 Å². The maximum Gasteiger partial charge on any atom is 0.342 e. The molecule has 5 nitrogen and oxygen atoms in total. The summed E-state index contributed by atoms with van der Waals surface area (Å²) in [5.74, 6) is -0.0649. The van der Waals surface area contributed by atoms with E-state index in [1.807, 2.05) is 0 Å². The first-order valence-electron chi connectivity index (χ1n) is 5.00. The molecule has 0 saturated carbocycles. The van der Waals surface area contributed by atoms with Crippen LogP contribution in [0.5, 0.6) is 5.75 Å². The van der Waals surface area contributed by atoms with Crippen LogP contribution in [0.4, 0.5) is 0 Å². The molecule has 1 aromatic carbocycles. The number of nitriles is 1.